The first-order valence-corrected chi connectivity index (χ1v) is 7.76. The highest BCUT2D eigenvalue weighted by Crippen LogP contribution is 2.36. The Balaban J connectivity index is 2.21. The van der Waals surface area contributed by atoms with Crippen molar-refractivity contribution >= 4 is 23.4 Å². The summed E-state index contributed by atoms with van der Waals surface area (Å²) in [5, 5.41) is 5.19. The number of halogens is 1. The van der Waals surface area contributed by atoms with Crippen LogP contribution in [0.1, 0.15) is 36.9 Å². The second kappa shape index (κ2) is 6.12. The van der Waals surface area contributed by atoms with Crippen molar-refractivity contribution in [1.29, 1.82) is 0 Å². The average Bonchev–Trinajstić information content (AvgIpc) is 2.83. The minimum Gasteiger partial charge on any atom is -0.309 e. The number of hydrogen-bond donors (Lipinski definition) is 1. The molecule has 0 amide bonds. The number of nitrogens with one attached hydrogen (secondary N) is 1. The normalized spacial score (nSPS) is 21.7. The van der Waals surface area contributed by atoms with Crippen LogP contribution in [0.2, 0.25) is 5.02 Å². The molecule has 2 rings (SSSR count). The summed E-state index contributed by atoms with van der Waals surface area (Å²) in [6.07, 6.45) is 2.66. The van der Waals surface area contributed by atoms with Gasteiger partial charge in [0.15, 0.2) is 0 Å². The minimum absolute atomic E-state index is 0.450. The Morgan fingerprint density at radius 3 is 2.94 bits per heavy atom. The number of rotatable bonds is 4. The van der Waals surface area contributed by atoms with Gasteiger partial charge in [-0.25, -0.2) is 0 Å². The van der Waals surface area contributed by atoms with Gasteiger partial charge in [0.05, 0.1) is 0 Å². The van der Waals surface area contributed by atoms with Gasteiger partial charge in [-0.1, -0.05) is 30.7 Å². The van der Waals surface area contributed by atoms with Gasteiger partial charge in [0, 0.05) is 16.3 Å². The van der Waals surface area contributed by atoms with E-state index in [2.05, 4.69) is 49.1 Å². The van der Waals surface area contributed by atoms with Gasteiger partial charge < -0.3 is 5.32 Å². The molecule has 1 fully saturated rings. The van der Waals surface area contributed by atoms with Crippen molar-refractivity contribution in [3.63, 3.8) is 0 Å². The van der Waals surface area contributed by atoms with Gasteiger partial charge in [-0.3, -0.25) is 0 Å². The van der Waals surface area contributed by atoms with Crippen LogP contribution in [-0.2, 0) is 0 Å². The van der Waals surface area contributed by atoms with Gasteiger partial charge in [0.2, 0.25) is 0 Å². The monoisotopic (exact) mass is 269 g/mol. The van der Waals surface area contributed by atoms with E-state index in [4.69, 9.17) is 11.6 Å². The molecule has 0 bridgehead atoms. The number of benzene rings is 1. The summed E-state index contributed by atoms with van der Waals surface area (Å²) in [7, 11) is 0. The van der Waals surface area contributed by atoms with E-state index in [-0.39, 0.29) is 0 Å². The Hall–Kier alpha value is -0.180. The van der Waals surface area contributed by atoms with E-state index in [1.165, 1.54) is 24.2 Å². The zero-order valence-corrected chi connectivity index (χ0v) is 12.1. The minimum atomic E-state index is 0.450. The van der Waals surface area contributed by atoms with Crippen molar-refractivity contribution in [3.8, 4) is 0 Å². The summed E-state index contributed by atoms with van der Waals surface area (Å²) in [4.78, 5) is 0. The van der Waals surface area contributed by atoms with Crippen LogP contribution < -0.4 is 5.32 Å². The molecule has 1 heterocycles. The SMILES string of the molecule is CCNC(c1ccc(C)c(Cl)c1)C1CCCS1. The van der Waals surface area contributed by atoms with Crippen molar-refractivity contribution in [2.75, 3.05) is 12.3 Å². The maximum atomic E-state index is 6.23. The molecule has 2 atom stereocenters. The Morgan fingerprint density at radius 1 is 1.53 bits per heavy atom. The van der Waals surface area contributed by atoms with Crippen LogP contribution in [0.5, 0.6) is 0 Å². The fourth-order valence-electron chi connectivity index (χ4n) is 2.35. The van der Waals surface area contributed by atoms with Crippen molar-refractivity contribution in [2.45, 2.75) is 38.0 Å². The van der Waals surface area contributed by atoms with Crippen molar-refractivity contribution in [3.05, 3.63) is 34.3 Å². The lowest BCUT2D eigenvalue weighted by Gasteiger charge is -2.24. The molecular weight excluding hydrogens is 250 g/mol. The van der Waals surface area contributed by atoms with Crippen LogP contribution >= 0.6 is 23.4 Å². The zero-order valence-electron chi connectivity index (χ0n) is 10.5. The Bertz CT molecular complexity index is 374. The lowest BCUT2D eigenvalue weighted by molar-refractivity contribution is 0.519. The van der Waals surface area contributed by atoms with Gasteiger partial charge in [0.25, 0.3) is 0 Å². The Morgan fingerprint density at radius 2 is 2.35 bits per heavy atom. The molecule has 0 aliphatic carbocycles. The summed E-state index contributed by atoms with van der Waals surface area (Å²) in [5.41, 5.74) is 2.49. The number of aryl methyl sites for hydroxylation is 1. The van der Waals surface area contributed by atoms with E-state index in [0.717, 1.165) is 17.1 Å². The van der Waals surface area contributed by atoms with E-state index in [1.807, 2.05) is 0 Å². The maximum Gasteiger partial charge on any atom is 0.0441 e. The number of hydrogen-bond acceptors (Lipinski definition) is 2. The molecule has 2 unspecified atom stereocenters. The van der Waals surface area contributed by atoms with Crippen LogP contribution in [0, 0.1) is 6.92 Å². The average molecular weight is 270 g/mol. The third-order valence-electron chi connectivity index (χ3n) is 3.32. The molecule has 1 aliphatic heterocycles. The predicted molar refractivity (Wildman–Crippen MR) is 78.1 cm³/mol. The van der Waals surface area contributed by atoms with E-state index < -0.39 is 0 Å². The first-order chi connectivity index (χ1) is 8.22. The van der Waals surface area contributed by atoms with Gasteiger partial charge >= 0.3 is 0 Å². The van der Waals surface area contributed by atoms with Crippen LogP contribution in [-0.4, -0.2) is 17.5 Å². The second-order valence-corrected chi connectivity index (χ2v) is 6.35. The molecule has 1 aromatic carbocycles. The lowest BCUT2D eigenvalue weighted by atomic mass is 9.99. The fraction of sp³-hybridized carbons (Fsp3) is 0.571. The molecule has 1 aromatic rings. The van der Waals surface area contributed by atoms with Gasteiger partial charge in [0.1, 0.15) is 0 Å². The van der Waals surface area contributed by atoms with Crippen LogP contribution in [0.25, 0.3) is 0 Å². The first kappa shape index (κ1) is 13.3. The van der Waals surface area contributed by atoms with Gasteiger partial charge in [-0.05, 0) is 49.3 Å². The largest absolute Gasteiger partial charge is 0.309 e. The molecule has 1 nitrogen and oxygen atoms in total. The topological polar surface area (TPSA) is 12.0 Å². The van der Waals surface area contributed by atoms with Gasteiger partial charge in [-0.15, -0.1) is 0 Å². The third-order valence-corrected chi connectivity index (χ3v) is 5.18. The van der Waals surface area contributed by atoms with Crippen LogP contribution in [0.15, 0.2) is 18.2 Å². The highest BCUT2D eigenvalue weighted by atomic mass is 35.5. The second-order valence-electron chi connectivity index (χ2n) is 4.60. The lowest BCUT2D eigenvalue weighted by Crippen LogP contribution is -2.28. The molecule has 94 valence electrons. The molecular formula is C14H20ClNS. The van der Waals surface area contributed by atoms with Crippen molar-refractivity contribution in [2.24, 2.45) is 0 Å². The van der Waals surface area contributed by atoms with E-state index in [9.17, 15) is 0 Å². The molecule has 17 heavy (non-hydrogen) atoms. The molecule has 1 aliphatic rings. The van der Waals surface area contributed by atoms with E-state index >= 15 is 0 Å². The highest BCUT2D eigenvalue weighted by Gasteiger charge is 2.26. The molecule has 3 heteroatoms. The molecule has 0 radical (unpaired) electrons. The quantitative estimate of drug-likeness (QED) is 0.879. The van der Waals surface area contributed by atoms with Crippen LogP contribution in [0.3, 0.4) is 0 Å². The smallest absolute Gasteiger partial charge is 0.0441 e. The fourth-order valence-corrected chi connectivity index (χ4v) is 3.96. The molecule has 0 saturated carbocycles. The standard InChI is InChI=1S/C14H20ClNS/c1-3-16-14(13-5-4-8-17-13)11-7-6-10(2)12(15)9-11/h6-7,9,13-14,16H,3-5,8H2,1-2H3. The third kappa shape index (κ3) is 3.18. The zero-order chi connectivity index (χ0) is 12.3. The summed E-state index contributed by atoms with van der Waals surface area (Å²) < 4.78 is 0. The Labute approximate surface area is 113 Å². The summed E-state index contributed by atoms with van der Waals surface area (Å²) in [6, 6.07) is 6.92. The number of thioether (sulfide) groups is 1. The summed E-state index contributed by atoms with van der Waals surface area (Å²) in [5.74, 6) is 1.30. The molecule has 0 spiro atoms. The van der Waals surface area contributed by atoms with E-state index in [0.29, 0.717) is 11.3 Å². The van der Waals surface area contributed by atoms with Crippen molar-refractivity contribution in [1.82, 2.24) is 5.32 Å². The molecule has 1 N–H and O–H groups in total. The summed E-state index contributed by atoms with van der Waals surface area (Å²) >= 11 is 8.32. The van der Waals surface area contributed by atoms with Crippen LogP contribution in [0.4, 0.5) is 0 Å². The van der Waals surface area contributed by atoms with E-state index in [1.54, 1.807) is 0 Å². The summed E-state index contributed by atoms with van der Waals surface area (Å²) in [6.45, 7) is 5.23. The highest BCUT2D eigenvalue weighted by molar-refractivity contribution is 8.00. The molecule has 0 aromatic heterocycles. The predicted octanol–water partition coefficient (Wildman–Crippen LogP) is 4.19. The maximum absolute atomic E-state index is 6.23. The Kier molecular flexibility index (Phi) is 4.78. The van der Waals surface area contributed by atoms with Gasteiger partial charge in [-0.2, -0.15) is 11.8 Å². The molecule has 1 saturated heterocycles. The first-order valence-electron chi connectivity index (χ1n) is 6.33. The van der Waals surface area contributed by atoms with Crippen molar-refractivity contribution < 1.29 is 0 Å².